The summed E-state index contributed by atoms with van der Waals surface area (Å²) in [6, 6.07) is 11.7. The molecule has 0 saturated heterocycles. The van der Waals surface area contributed by atoms with Crippen LogP contribution in [0.1, 0.15) is 0 Å². The molecule has 0 radical (unpaired) electrons. The molecule has 0 heterocycles. The number of anilines is 1. The predicted molar refractivity (Wildman–Crippen MR) is 86.8 cm³/mol. The quantitative estimate of drug-likeness (QED) is 0.794. The fourth-order valence-corrected chi connectivity index (χ4v) is 3.73. The fraction of sp³-hybridized carbons (Fsp3) is 0.0769. The number of hydrogen-bond acceptors (Lipinski definition) is 5. The van der Waals surface area contributed by atoms with Gasteiger partial charge >= 0.3 is 0 Å². The highest BCUT2D eigenvalue weighted by Crippen LogP contribution is 2.22. The number of thioether (sulfide) groups is 1. The second-order valence-electron chi connectivity index (χ2n) is 4.35. The third kappa shape index (κ3) is 4.01. The molecule has 22 heavy (non-hydrogen) atoms. The van der Waals surface area contributed by atoms with Crippen LogP contribution < -0.4 is 9.86 Å². The van der Waals surface area contributed by atoms with Crippen LogP contribution in [0.25, 0.3) is 0 Å². The number of nitrogens with one attached hydrogen (secondary N) is 1. The number of hydrogen-bond donors (Lipinski definition) is 2. The van der Waals surface area contributed by atoms with Crippen molar-refractivity contribution in [2.24, 2.45) is 5.14 Å². The lowest BCUT2D eigenvalue weighted by atomic mass is 10.3. The van der Waals surface area contributed by atoms with E-state index in [0.29, 0.717) is 5.69 Å². The van der Waals surface area contributed by atoms with E-state index in [1.54, 1.807) is 18.2 Å². The van der Waals surface area contributed by atoms with Gasteiger partial charge in [-0.3, -0.25) is 4.72 Å². The Morgan fingerprint density at radius 1 is 0.955 bits per heavy atom. The molecule has 9 heteroatoms. The fourth-order valence-electron chi connectivity index (χ4n) is 1.71. The molecule has 0 aliphatic carbocycles. The summed E-state index contributed by atoms with van der Waals surface area (Å²) in [6.07, 6.45) is 1.89. The normalized spacial score (nSPS) is 12.1. The zero-order valence-corrected chi connectivity index (χ0v) is 14.0. The summed E-state index contributed by atoms with van der Waals surface area (Å²) < 4.78 is 49.3. The van der Waals surface area contributed by atoms with Gasteiger partial charge in [-0.05, 0) is 48.7 Å². The Labute approximate surface area is 133 Å². The van der Waals surface area contributed by atoms with E-state index in [1.807, 2.05) is 12.3 Å². The summed E-state index contributed by atoms with van der Waals surface area (Å²) in [6.45, 7) is 0. The highest BCUT2D eigenvalue weighted by Gasteiger charge is 2.16. The van der Waals surface area contributed by atoms with Crippen molar-refractivity contribution in [3.8, 4) is 0 Å². The van der Waals surface area contributed by atoms with Crippen LogP contribution in [0.5, 0.6) is 0 Å². The molecular formula is C13H14N2O4S3. The van der Waals surface area contributed by atoms with Crippen LogP contribution in [0, 0.1) is 0 Å². The first kappa shape index (κ1) is 16.8. The maximum absolute atomic E-state index is 12.3. The maximum atomic E-state index is 12.3. The van der Waals surface area contributed by atoms with Crippen LogP contribution in [0.3, 0.4) is 0 Å². The third-order valence-corrected chi connectivity index (χ3v) is 5.84. The minimum Gasteiger partial charge on any atom is -0.280 e. The van der Waals surface area contributed by atoms with Gasteiger partial charge < -0.3 is 0 Å². The van der Waals surface area contributed by atoms with Gasteiger partial charge in [-0.15, -0.1) is 11.8 Å². The molecule has 0 aliphatic rings. The Balaban J connectivity index is 2.30. The first-order valence-electron chi connectivity index (χ1n) is 6.02. The Kier molecular flexibility index (Phi) is 4.81. The molecule has 0 unspecified atom stereocenters. The summed E-state index contributed by atoms with van der Waals surface area (Å²) in [5.74, 6) is 0. The smallest absolute Gasteiger partial charge is 0.261 e. The van der Waals surface area contributed by atoms with Gasteiger partial charge in [0.1, 0.15) is 0 Å². The van der Waals surface area contributed by atoms with E-state index >= 15 is 0 Å². The van der Waals surface area contributed by atoms with Crippen LogP contribution in [-0.2, 0) is 20.0 Å². The van der Waals surface area contributed by atoms with Gasteiger partial charge in [-0.25, -0.2) is 22.0 Å². The van der Waals surface area contributed by atoms with E-state index < -0.39 is 20.0 Å². The molecule has 0 aliphatic heterocycles. The molecule has 0 aromatic heterocycles. The molecule has 0 atom stereocenters. The molecule has 0 saturated carbocycles. The second kappa shape index (κ2) is 6.29. The molecule has 0 fully saturated rings. The summed E-state index contributed by atoms with van der Waals surface area (Å²) in [5, 5.41) is 4.98. The molecule has 0 bridgehead atoms. The lowest BCUT2D eigenvalue weighted by molar-refractivity contribution is 0.595. The molecule has 0 amide bonds. The molecule has 2 rings (SSSR count). The third-order valence-electron chi connectivity index (χ3n) is 2.78. The lowest BCUT2D eigenvalue weighted by Gasteiger charge is -2.09. The predicted octanol–water partition coefficient (Wildman–Crippen LogP) is 1.86. The summed E-state index contributed by atoms with van der Waals surface area (Å²) >= 11 is 1.49. The molecule has 2 aromatic carbocycles. The Hall–Kier alpha value is -1.55. The van der Waals surface area contributed by atoms with Crippen LogP contribution >= 0.6 is 11.8 Å². The van der Waals surface area contributed by atoms with Gasteiger partial charge in [0.2, 0.25) is 10.0 Å². The van der Waals surface area contributed by atoms with Crippen molar-refractivity contribution in [1.82, 2.24) is 0 Å². The first-order valence-corrected chi connectivity index (χ1v) is 10.3. The number of primary sulfonamides is 1. The topological polar surface area (TPSA) is 106 Å². The number of benzene rings is 2. The SMILES string of the molecule is CSc1cccc(NS(=O)(=O)c2ccc(S(N)(=O)=O)cc2)c1. The average molecular weight is 358 g/mol. The second-order valence-corrected chi connectivity index (χ2v) is 8.48. The van der Waals surface area contributed by atoms with E-state index in [-0.39, 0.29) is 9.79 Å². The molecule has 0 spiro atoms. The van der Waals surface area contributed by atoms with E-state index in [1.165, 1.54) is 23.9 Å². The first-order chi connectivity index (χ1) is 10.2. The van der Waals surface area contributed by atoms with Crippen LogP contribution in [0.15, 0.2) is 63.2 Å². The zero-order chi connectivity index (χ0) is 16.4. The Bertz CT molecular complexity index is 876. The van der Waals surface area contributed by atoms with Gasteiger partial charge in [-0.1, -0.05) is 6.07 Å². The van der Waals surface area contributed by atoms with Crippen LogP contribution in [0.2, 0.25) is 0 Å². The van der Waals surface area contributed by atoms with E-state index in [9.17, 15) is 16.8 Å². The van der Waals surface area contributed by atoms with Gasteiger partial charge in [0.25, 0.3) is 10.0 Å². The summed E-state index contributed by atoms with van der Waals surface area (Å²) in [4.78, 5) is 0.732. The molecule has 3 N–H and O–H groups in total. The Morgan fingerprint density at radius 3 is 2.09 bits per heavy atom. The van der Waals surface area contributed by atoms with Crippen molar-refractivity contribution in [2.45, 2.75) is 14.7 Å². The lowest BCUT2D eigenvalue weighted by Crippen LogP contribution is -2.15. The molecule has 118 valence electrons. The molecule has 2 aromatic rings. The van der Waals surface area contributed by atoms with Gasteiger partial charge in [0.15, 0.2) is 0 Å². The minimum atomic E-state index is -3.85. The van der Waals surface area contributed by atoms with Crippen molar-refractivity contribution < 1.29 is 16.8 Å². The monoisotopic (exact) mass is 358 g/mol. The number of nitrogens with two attached hydrogens (primary N) is 1. The highest BCUT2D eigenvalue weighted by atomic mass is 32.2. The molecule has 6 nitrogen and oxygen atoms in total. The van der Waals surface area contributed by atoms with E-state index in [4.69, 9.17) is 5.14 Å². The van der Waals surface area contributed by atoms with Crippen molar-refractivity contribution in [3.63, 3.8) is 0 Å². The minimum absolute atomic E-state index is 0.0468. The molecular weight excluding hydrogens is 344 g/mol. The number of sulfonamides is 2. The highest BCUT2D eigenvalue weighted by molar-refractivity contribution is 7.98. The van der Waals surface area contributed by atoms with E-state index in [2.05, 4.69) is 4.72 Å². The van der Waals surface area contributed by atoms with Gasteiger partial charge in [0.05, 0.1) is 9.79 Å². The average Bonchev–Trinajstić information content (AvgIpc) is 2.46. The largest absolute Gasteiger partial charge is 0.280 e. The van der Waals surface area contributed by atoms with Crippen molar-refractivity contribution in [1.29, 1.82) is 0 Å². The summed E-state index contributed by atoms with van der Waals surface area (Å²) in [5.41, 5.74) is 0.433. The summed E-state index contributed by atoms with van der Waals surface area (Å²) in [7, 11) is -7.65. The van der Waals surface area contributed by atoms with Crippen LogP contribution in [-0.4, -0.2) is 23.1 Å². The van der Waals surface area contributed by atoms with Gasteiger partial charge in [0, 0.05) is 10.6 Å². The van der Waals surface area contributed by atoms with Gasteiger partial charge in [-0.2, -0.15) is 0 Å². The van der Waals surface area contributed by atoms with Crippen molar-refractivity contribution >= 4 is 37.5 Å². The standard InChI is InChI=1S/C13H14N2O4S3/c1-20-11-4-2-3-10(9-11)15-22(18,19)13-7-5-12(6-8-13)21(14,16)17/h2-9,15H,1H3,(H2,14,16,17). The van der Waals surface area contributed by atoms with Crippen molar-refractivity contribution in [2.75, 3.05) is 11.0 Å². The number of rotatable bonds is 5. The van der Waals surface area contributed by atoms with Crippen molar-refractivity contribution in [3.05, 3.63) is 48.5 Å². The van der Waals surface area contributed by atoms with Crippen LogP contribution in [0.4, 0.5) is 5.69 Å². The zero-order valence-electron chi connectivity index (χ0n) is 11.6. The Morgan fingerprint density at radius 2 is 1.55 bits per heavy atom. The van der Waals surface area contributed by atoms with E-state index in [0.717, 1.165) is 17.0 Å². The maximum Gasteiger partial charge on any atom is 0.261 e.